The van der Waals surface area contributed by atoms with Gasteiger partial charge < -0.3 is 0 Å². The molecule has 2 heterocycles. The van der Waals surface area contributed by atoms with E-state index < -0.39 is 10.0 Å². The third-order valence-corrected chi connectivity index (χ3v) is 8.51. The van der Waals surface area contributed by atoms with E-state index in [2.05, 4.69) is 17.1 Å². The van der Waals surface area contributed by atoms with Gasteiger partial charge in [0.15, 0.2) is 0 Å². The Kier molecular flexibility index (Phi) is 5.43. The maximum absolute atomic E-state index is 13.3. The number of carbonyl (C=O) groups is 1. The Morgan fingerprint density at radius 2 is 1.75 bits per heavy atom. The van der Waals surface area contributed by atoms with E-state index in [1.807, 2.05) is 49.5 Å². The molecular formula is C26H26N2O3S. The van der Waals surface area contributed by atoms with Crippen LogP contribution in [0.5, 0.6) is 0 Å². The van der Waals surface area contributed by atoms with E-state index in [1.54, 1.807) is 12.1 Å². The summed E-state index contributed by atoms with van der Waals surface area (Å²) in [4.78, 5) is 17.8. The van der Waals surface area contributed by atoms with Gasteiger partial charge in [-0.2, -0.15) is 4.31 Å². The number of hydrogen-bond donors (Lipinski definition) is 0. The van der Waals surface area contributed by atoms with Crippen LogP contribution in [-0.4, -0.2) is 36.6 Å². The zero-order valence-electron chi connectivity index (χ0n) is 18.1. The molecule has 1 aliphatic heterocycles. The van der Waals surface area contributed by atoms with Crippen molar-refractivity contribution in [2.24, 2.45) is 11.8 Å². The van der Waals surface area contributed by atoms with Crippen LogP contribution < -0.4 is 0 Å². The topological polar surface area (TPSA) is 67.3 Å². The number of benzene rings is 2. The van der Waals surface area contributed by atoms with Gasteiger partial charge in [-0.25, -0.2) is 8.42 Å². The molecule has 0 N–H and O–H groups in total. The maximum Gasteiger partial charge on any atom is 0.243 e. The minimum Gasteiger partial charge on any atom is -0.299 e. The summed E-state index contributed by atoms with van der Waals surface area (Å²) in [5.74, 6) is -0.373. The van der Waals surface area contributed by atoms with E-state index in [9.17, 15) is 13.2 Å². The summed E-state index contributed by atoms with van der Waals surface area (Å²) in [5, 5.41) is 1.12. The maximum atomic E-state index is 13.3. The van der Waals surface area contributed by atoms with Crippen molar-refractivity contribution in [3.63, 3.8) is 0 Å². The summed E-state index contributed by atoms with van der Waals surface area (Å²) in [6.07, 6.45) is 5.94. The molecule has 5 rings (SSSR count). The van der Waals surface area contributed by atoms with E-state index in [0.29, 0.717) is 17.7 Å². The van der Waals surface area contributed by atoms with Crippen molar-refractivity contribution in [1.29, 1.82) is 0 Å². The van der Waals surface area contributed by atoms with Gasteiger partial charge in [-0.3, -0.25) is 9.78 Å². The summed E-state index contributed by atoms with van der Waals surface area (Å²) in [7, 11) is -3.62. The Morgan fingerprint density at radius 3 is 2.56 bits per heavy atom. The average molecular weight is 447 g/mol. The zero-order valence-corrected chi connectivity index (χ0v) is 18.9. The number of aromatic nitrogens is 1. The molecule has 0 radical (unpaired) electrons. The average Bonchev–Trinajstić information content (AvgIpc) is 2.87. The van der Waals surface area contributed by atoms with E-state index in [1.165, 1.54) is 15.4 Å². The minimum atomic E-state index is -3.62. The molecule has 2 bridgehead atoms. The number of rotatable bonds is 4. The minimum absolute atomic E-state index is 0.200. The Labute approximate surface area is 188 Å². The van der Waals surface area contributed by atoms with Crippen LogP contribution in [0.4, 0.5) is 0 Å². The number of para-hydroxylation sites is 1. The summed E-state index contributed by atoms with van der Waals surface area (Å²) in [6, 6.07) is 17.1. The number of carbonyl (C=O) groups excluding carboxylic acids is 1. The molecule has 1 aliphatic carbocycles. The Morgan fingerprint density at radius 1 is 1.00 bits per heavy atom. The van der Waals surface area contributed by atoms with Crippen molar-refractivity contribution >= 4 is 26.7 Å². The van der Waals surface area contributed by atoms with Gasteiger partial charge in [0.2, 0.25) is 10.0 Å². The molecule has 5 nitrogen and oxygen atoms in total. The molecule has 2 atom stereocenters. The molecule has 32 heavy (non-hydrogen) atoms. The van der Waals surface area contributed by atoms with Crippen LogP contribution in [-0.2, 0) is 21.2 Å². The van der Waals surface area contributed by atoms with Crippen LogP contribution in [0.1, 0.15) is 24.0 Å². The summed E-state index contributed by atoms with van der Waals surface area (Å²) >= 11 is 0. The highest BCUT2D eigenvalue weighted by atomic mass is 32.2. The standard InChI is InChI=1S/C26H26N2O3S/c1-18-6-10-23(11-7-18)32(30,31)28-16-21-9-8-19(15-22(17-28)26(21)29)14-20-12-13-27-25-5-3-2-4-24(20)25/h2-8,10-13,21-22H,9,14-17H2,1H3. The Balaban J connectivity index is 1.39. The SMILES string of the molecule is Cc1ccc(S(=O)(=O)N2CC3CC=C(Cc4ccnc5ccccc45)CC(C2)C3=O)cc1. The number of Topliss-reactive ketones (excluding diaryl/α,β-unsaturated/α-hetero) is 1. The van der Waals surface area contributed by atoms with Crippen molar-refractivity contribution in [2.75, 3.05) is 13.1 Å². The third kappa shape index (κ3) is 3.89. The second-order valence-corrected chi connectivity index (χ2v) is 10.8. The van der Waals surface area contributed by atoms with Crippen LogP contribution in [0.3, 0.4) is 0 Å². The number of sulfonamides is 1. The predicted octanol–water partition coefficient (Wildman–Crippen LogP) is 4.31. The largest absolute Gasteiger partial charge is 0.299 e. The monoisotopic (exact) mass is 446 g/mol. The molecule has 164 valence electrons. The molecule has 6 heteroatoms. The molecule has 1 fully saturated rings. The number of nitrogens with zero attached hydrogens (tertiary/aromatic N) is 2. The quantitative estimate of drug-likeness (QED) is 0.560. The number of fused-ring (bicyclic) bond motifs is 3. The van der Waals surface area contributed by atoms with Crippen molar-refractivity contribution in [3.8, 4) is 0 Å². The lowest BCUT2D eigenvalue weighted by Gasteiger charge is -2.34. The number of piperidine rings is 1. The zero-order chi connectivity index (χ0) is 22.3. The number of allylic oxidation sites excluding steroid dienone is 2. The first kappa shape index (κ1) is 21.0. The number of pyridine rings is 1. The number of hydrogen-bond acceptors (Lipinski definition) is 4. The van der Waals surface area contributed by atoms with E-state index in [0.717, 1.165) is 22.9 Å². The third-order valence-electron chi connectivity index (χ3n) is 6.67. The second kappa shape index (κ2) is 8.26. The van der Waals surface area contributed by atoms with Crippen molar-refractivity contribution in [1.82, 2.24) is 9.29 Å². The van der Waals surface area contributed by atoms with Crippen LogP contribution in [0.15, 0.2) is 77.3 Å². The first-order valence-electron chi connectivity index (χ1n) is 11.0. The number of aryl methyl sites for hydroxylation is 1. The first-order chi connectivity index (χ1) is 15.4. The molecule has 0 saturated carbocycles. The second-order valence-electron chi connectivity index (χ2n) is 8.90. The lowest BCUT2D eigenvalue weighted by atomic mass is 9.86. The van der Waals surface area contributed by atoms with Gasteiger partial charge in [-0.05, 0) is 56.0 Å². The smallest absolute Gasteiger partial charge is 0.243 e. The van der Waals surface area contributed by atoms with Gasteiger partial charge in [0.1, 0.15) is 5.78 Å². The van der Waals surface area contributed by atoms with Gasteiger partial charge in [-0.1, -0.05) is 47.5 Å². The van der Waals surface area contributed by atoms with Crippen molar-refractivity contribution in [2.45, 2.75) is 31.1 Å². The van der Waals surface area contributed by atoms with Gasteiger partial charge in [0.05, 0.1) is 10.4 Å². The van der Waals surface area contributed by atoms with E-state index >= 15 is 0 Å². The molecule has 2 aliphatic rings. The fraction of sp³-hybridized carbons (Fsp3) is 0.308. The summed E-state index contributed by atoms with van der Waals surface area (Å²) in [6.45, 7) is 2.44. The Hall–Kier alpha value is -2.83. The molecule has 1 aromatic heterocycles. The normalized spacial score (nSPS) is 21.9. The lowest BCUT2D eigenvalue weighted by Crippen LogP contribution is -2.48. The highest BCUT2D eigenvalue weighted by Crippen LogP contribution is 2.34. The van der Waals surface area contributed by atoms with E-state index in [4.69, 9.17) is 0 Å². The van der Waals surface area contributed by atoms with Crippen LogP contribution >= 0.6 is 0 Å². The number of ketones is 1. The lowest BCUT2D eigenvalue weighted by molar-refractivity contribution is -0.129. The molecule has 0 spiro atoms. The fourth-order valence-corrected chi connectivity index (χ4v) is 6.43. The van der Waals surface area contributed by atoms with Crippen LogP contribution in [0.25, 0.3) is 10.9 Å². The molecule has 3 aromatic rings. The van der Waals surface area contributed by atoms with Gasteiger partial charge in [-0.15, -0.1) is 0 Å². The van der Waals surface area contributed by atoms with Gasteiger partial charge in [0.25, 0.3) is 0 Å². The Bertz CT molecular complexity index is 1310. The van der Waals surface area contributed by atoms with Gasteiger partial charge in [0, 0.05) is 36.5 Å². The fourth-order valence-electron chi connectivity index (χ4n) is 4.90. The molecule has 2 aromatic carbocycles. The molecule has 1 saturated heterocycles. The molecular weight excluding hydrogens is 420 g/mol. The highest BCUT2D eigenvalue weighted by Gasteiger charge is 2.41. The first-order valence-corrected chi connectivity index (χ1v) is 12.5. The predicted molar refractivity (Wildman–Crippen MR) is 125 cm³/mol. The van der Waals surface area contributed by atoms with Crippen LogP contribution in [0.2, 0.25) is 0 Å². The summed E-state index contributed by atoms with van der Waals surface area (Å²) in [5.41, 5.74) is 4.37. The molecule has 2 unspecified atom stereocenters. The van der Waals surface area contributed by atoms with Crippen LogP contribution in [0, 0.1) is 18.8 Å². The van der Waals surface area contributed by atoms with E-state index in [-0.39, 0.29) is 30.7 Å². The highest BCUT2D eigenvalue weighted by molar-refractivity contribution is 7.89. The van der Waals surface area contributed by atoms with Crippen molar-refractivity contribution < 1.29 is 13.2 Å². The van der Waals surface area contributed by atoms with Crippen molar-refractivity contribution in [3.05, 3.63) is 83.6 Å². The summed E-state index contributed by atoms with van der Waals surface area (Å²) < 4.78 is 28.0. The van der Waals surface area contributed by atoms with Gasteiger partial charge >= 0.3 is 0 Å². The molecule has 0 amide bonds.